The predicted octanol–water partition coefficient (Wildman–Crippen LogP) is 6.12. The molecule has 3 unspecified atom stereocenters. The Labute approximate surface area is 120 Å². The maximum absolute atomic E-state index is 2.61. The molecule has 0 nitrogen and oxygen atoms in total. The lowest BCUT2D eigenvalue weighted by Crippen LogP contribution is -2.41. The standard InChI is InChI=1S/C19H32/c1-14-8-9-15-13-16-7-5-6-11-19(16,4)12-10-17(14)18(15,2)3/h15-16H,5-13H2,1-4H3. The van der Waals surface area contributed by atoms with Gasteiger partial charge in [0.15, 0.2) is 0 Å². The fourth-order valence-electron chi connectivity index (χ4n) is 5.60. The summed E-state index contributed by atoms with van der Waals surface area (Å²) in [6.45, 7) is 10.1. The number of hydrogen-bond donors (Lipinski definition) is 0. The van der Waals surface area contributed by atoms with Crippen LogP contribution < -0.4 is 0 Å². The molecule has 3 aliphatic carbocycles. The first kappa shape index (κ1) is 13.7. The highest BCUT2D eigenvalue weighted by Crippen LogP contribution is 2.57. The molecule has 0 radical (unpaired) electrons. The average molecular weight is 260 g/mol. The maximum atomic E-state index is 2.61. The largest absolute Gasteiger partial charge is 0.0736 e. The minimum Gasteiger partial charge on any atom is -0.0736 e. The number of fused-ring (bicyclic) bond motifs is 3. The van der Waals surface area contributed by atoms with Crippen LogP contribution in [-0.2, 0) is 0 Å². The van der Waals surface area contributed by atoms with Crippen molar-refractivity contribution in [2.45, 2.75) is 85.5 Å². The fourth-order valence-corrected chi connectivity index (χ4v) is 5.60. The third-order valence-electron chi connectivity index (χ3n) is 7.23. The molecule has 3 atom stereocenters. The maximum Gasteiger partial charge on any atom is -0.0114 e. The summed E-state index contributed by atoms with van der Waals surface area (Å²) < 4.78 is 0. The van der Waals surface area contributed by atoms with E-state index in [0.29, 0.717) is 10.8 Å². The lowest BCUT2D eigenvalue weighted by Gasteiger charge is -2.52. The molecule has 0 saturated heterocycles. The number of hydrogen-bond acceptors (Lipinski definition) is 0. The third-order valence-corrected chi connectivity index (χ3v) is 7.23. The summed E-state index contributed by atoms with van der Waals surface area (Å²) in [6, 6.07) is 0. The molecule has 0 amide bonds. The molecule has 0 heteroatoms. The molecule has 2 saturated carbocycles. The lowest BCUT2D eigenvalue weighted by molar-refractivity contribution is 0.0388. The van der Waals surface area contributed by atoms with E-state index < -0.39 is 0 Å². The van der Waals surface area contributed by atoms with E-state index in [-0.39, 0.29) is 0 Å². The Bertz CT molecular complexity index is 387. The second kappa shape index (κ2) is 4.64. The van der Waals surface area contributed by atoms with Crippen molar-refractivity contribution in [3.8, 4) is 0 Å². The van der Waals surface area contributed by atoms with E-state index >= 15 is 0 Å². The van der Waals surface area contributed by atoms with Gasteiger partial charge in [-0.25, -0.2) is 0 Å². The molecule has 19 heavy (non-hydrogen) atoms. The fraction of sp³-hybridized carbons (Fsp3) is 0.895. The summed E-state index contributed by atoms with van der Waals surface area (Å²) >= 11 is 0. The van der Waals surface area contributed by atoms with Gasteiger partial charge >= 0.3 is 0 Å². The van der Waals surface area contributed by atoms with Gasteiger partial charge in [0, 0.05) is 0 Å². The molecule has 3 rings (SSSR count). The van der Waals surface area contributed by atoms with Crippen molar-refractivity contribution in [1.82, 2.24) is 0 Å². The van der Waals surface area contributed by atoms with E-state index in [1.165, 1.54) is 57.8 Å². The van der Waals surface area contributed by atoms with E-state index in [2.05, 4.69) is 27.7 Å². The highest BCUT2D eigenvalue weighted by molar-refractivity contribution is 5.25. The summed E-state index contributed by atoms with van der Waals surface area (Å²) in [4.78, 5) is 0. The quantitative estimate of drug-likeness (QED) is 0.460. The molecule has 0 aromatic rings. The zero-order valence-corrected chi connectivity index (χ0v) is 13.5. The van der Waals surface area contributed by atoms with E-state index in [0.717, 1.165) is 11.8 Å². The van der Waals surface area contributed by atoms with Crippen LogP contribution in [0.25, 0.3) is 0 Å². The Morgan fingerprint density at radius 3 is 2.47 bits per heavy atom. The summed E-state index contributed by atoms with van der Waals surface area (Å²) in [6.07, 6.45) is 13.2. The summed E-state index contributed by atoms with van der Waals surface area (Å²) in [5.41, 5.74) is 4.73. The molecule has 0 N–H and O–H groups in total. The Kier molecular flexibility index (Phi) is 3.35. The van der Waals surface area contributed by atoms with Gasteiger partial charge in [-0.15, -0.1) is 0 Å². The van der Waals surface area contributed by atoms with E-state index in [4.69, 9.17) is 0 Å². The molecule has 0 aliphatic heterocycles. The second-order valence-electron chi connectivity index (χ2n) is 8.55. The van der Waals surface area contributed by atoms with Gasteiger partial charge in [0.25, 0.3) is 0 Å². The predicted molar refractivity (Wildman–Crippen MR) is 83.1 cm³/mol. The Morgan fingerprint density at radius 2 is 1.68 bits per heavy atom. The van der Waals surface area contributed by atoms with Crippen molar-refractivity contribution in [1.29, 1.82) is 0 Å². The first-order chi connectivity index (χ1) is 8.93. The minimum absolute atomic E-state index is 0.487. The van der Waals surface area contributed by atoms with Crippen molar-refractivity contribution in [2.24, 2.45) is 22.7 Å². The monoisotopic (exact) mass is 260 g/mol. The molecule has 0 heterocycles. The third kappa shape index (κ3) is 2.20. The van der Waals surface area contributed by atoms with Crippen LogP contribution in [-0.4, -0.2) is 0 Å². The van der Waals surface area contributed by atoms with Crippen LogP contribution in [0.2, 0.25) is 0 Å². The zero-order chi connectivity index (χ0) is 13.7. The van der Waals surface area contributed by atoms with Crippen LogP contribution in [0.15, 0.2) is 11.1 Å². The van der Waals surface area contributed by atoms with Crippen LogP contribution in [0.1, 0.15) is 85.5 Å². The van der Waals surface area contributed by atoms with Crippen molar-refractivity contribution >= 4 is 0 Å². The van der Waals surface area contributed by atoms with Gasteiger partial charge in [-0.3, -0.25) is 0 Å². The average Bonchev–Trinajstić information content (AvgIpc) is 2.34. The molecule has 108 valence electrons. The minimum atomic E-state index is 0.487. The smallest absolute Gasteiger partial charge is 0.0114 e. The van der Waals surface area contributed by atoms with Gasteiger partial charge in [-0.1, -0.05) is 44.8 Å². The first-order valence-electron chi connectivity index (χ1n) is 8.62. The van der Waals surface area contributed by atoms with E-state index in [9.17, 15) is 0 Å². The lowest BCUT2D eigenvalue weighted by atomic mass is 9.53. The van der Waals surface area contributed by atoms with Gasteiger partial charge in [0.1, 0.15) is 0 Å². The highest BCUT2D eigenvalue weighted by Gasteiger charge is 2.45. The number of allylic oxidation sites excluding steroid dienone is 2. The molecule has 0 spiro atoms. The summed E-state index contributed by atoms with van der Waals surface area (Å²) in [7, 11) is 0. The molecular formula is C19H32. The van der Waals surface area contributed by atoms with Crippen molar-refractivity contribution < 1.29 is 0 Å². The second-order valence-corrected chi connectivity index (χ2v) is 8.55. The van der Waals surface area contributed by atoms with E-state index in [1.54, 1.807) is 5.57 Å². The molecule has 2 bridgehead atoms. The molecule has 2 fully saturated rings. The van der Waals surface area contributed by atoms with E-state index in [1.807, 2.05) is 5.57 Å². The molecule has 3 aliphatic rings. The van der Waals surface area contributed by atoms with Gasteiger partial charge in [0.2, 0.25) is 0 Å². The van der Waals surface area contributed by atoms with Crippen LogP contribution >= 0.6 is 0 Å². The van der Waals surface area contributed by atoms with Crippen molar-refractivity contribution in [3.05, 3.63) is 11.1 Å². The van der Waals surface area contributed by atoms with Crippen LogP contribution in [0.3, 0.4) is 0 Å². The first-order valence-corrected chi connectivity index (χ1v) is 8.62. The van der Waals surface area contributed by atoms with Crippen LogP contribution in [0.5, 0.6) is 0 Å². The normalized spacial score (nSPS) is 42.3. The van der Waals surface area contributed by atoms with Crippen LogP contribution in [0, 0.1) is 22.7 Å². The number of rotatable bonds is 0. The van der Waals surface area contributed by atoms with Crippen molar-refractivity contribution in [2.75, 3.05) is 0 Å². The van der Waals surface area contributed by atoms with Crippen LogP contribution in [0.4, 0.5) is 0 Å². The summed E-state index contributed by atoms with van der Waals surface area (Å²) in [5.74, 6) is 1.97. The van der Waals surface area contributed by atoms with Gasteiger partial charge in [-0.05, 0) is 74.5 Å². The summed E-state index contributed by atoms with van der Waals surface area (Å²) in [5, 5.41) is 0. The molecule has 0 aromatic heterocycles. The highest BCUT2D eigenvalue weighted by atomic mass is 14.5. The van der Waals surface area contributed by atoms with Gasteiger partial charge in [-0.2, -0.15) is 0 Å². The Hall–Kier alpha value is -0.260. The molecular weight excluding hydrogens is 228 g/mol. The van der Waals surface area contributed by atoms with Gasteiger partial charge < -0.3 is 0 Å². The Balaban J connectivity index is 1.95. The van der Waals surface area contributed by atoms with Gasteiger partial charge in [0.05, 0.1) is 0 Å². The zero-order valence-electron chi connectivity index (χ0n) is 13.5. The topological polar surface area (TPSA) is 0 Å². The molecule has 0 aromatic carbocycles. The SMILES string of the molecule is CC1=C2CCC3(C)CCCCC3CC(CC1)C2(C)C. The Morgan fingerprint density at radius 1 is 0.895 bits per heavy atom. The van der Waals surface area contributed by atoms with Crippen molar-refractivity contribution in [3.63, 3.8) is 0 Å².